The van der Waals surface area contributed by atoms with Crippen LogP contribution in [0.5, 0.6) is 0 Å². The van der Waals surface area contributed by atoms with Gasteiger partial charge in [-0.05, 0) is 0 Å². The number of nitrogens with one attached hydrogen (secondary N) is 1. The molecule has 7 heteroatoms. The summed E-state index contributed by atoms with van der Waals surface area (Å²) in [7, 11) is 4.04. The molecule has 1 aliphatic rings. The maximum Gasteiger partial charge on any atom is 0.333 e. The third-order valence-electron chi connectivity index (χ3n) is 1.81. The summed E-state index contributed by atoms with van der Waals surface area (Å²) < 4.78 is 0. The highest BCUT2D eigenvalue weighted by Crippen LogP contribution is 2.05. The number of imide groups is 2. The van der Waals surface area contributed by atoms with Crippen molar-refractivity contribution in [2.45, 2.75) is 0 Å². The van der Waals surface area contributed by atoms with Crippen molar-refractivity contribution >= 4 is 23.6 Å². The summed E-state index contributed by atoms with van der Waals surface area (Å²) >= 11 is 0. The third kappa shape index (κ3) is 1.32. The van der Waals surface area contributed by atoms with Gasteiger partial charge in [-0.25, -0.2) is 4.79 Å². The van der Waals surface area contributed by atoms with Crippen LogP contribution in [0.25, 0.3) is 0 Å². The molecular weight excluding hydrogens is 188 g/mol. The number of urea groups is 1. The van der Waals surface area contributed by atoms with Crippen LogP contribution in [0, 0.1) is 0 Å². The summed E-state index contributed by atoms with van der Waals surface area (Å²) in [6, 6.07) is -0.657. The Morgan fingerprint density at radius 3 is 1.86 bits per heavy atom. The number of hydrogen-bond acceptors (Lipinski definition) is 5. The van der Waals surface area contributed by atoms with Gasteiger partial charge in [-0.15, -0.1) is 0 Å². The summed E-state index contributed by atoms with van der Waals surface area (Å²) in [6.45, 7) is 0. The minimum absolute atomic E-state index is 0.294. The number of rotatable bonds is 1. The summed E-state index contributed by atoms with van der Waals surface area (Å²) in [6.07, 6.45) is 0. The van der Waals surface area contributed by atoms with E-state index in [1.807, 2.05) is 0 Å². The first-order valence-electron chi connectivity index (χ1n) is 3.85. The first-order valence-corrected chi connectivity index (χ1v) is 3.85. The monoisotopic (exact) mass is 198 g/mol. The molecule has 0 aromatic carbocycles. The molecule has 1 aliphatic heterocycles. The largest absolute Gasteiger partial charge is 0.333 e. The molecule has 0 saturated carbocycles. The molecular formula is C7H10N4O3. The lowest BCUT2D eigenvalue weighted by Crippen LogP contribution is -2.57. The Kier molecular flexibility index (Phi) is 2.50. The average Bonchev–Trinajstić information content (AvgIpc) is 2.19. The lowest BCUT2D eigenvalue weighted by Gasteiger charge is -2.27. The molecule has 14 heavy (non-hydrogen) atoms. The first-order chi connectivity index (χ1) is 6.50. The van der Waals surface area contributed by atoms with Gasteiger partial charge >= 0.3 is 6.03 Å². The Morgan fingerprint density at radius 1 is 1.07 bits per heavy atom. The van der Waals surface area contributed by atoms with Crippen LogP contribution in [-0.4, -0.2) is 54.5 Å². The van der Waals surface area contributed by atoms with E-state index in [-0.39, 0.29) is 5.71 Å². The van der Waals surface area contributed by atoms with Gasteiger partial charge in [0, 0.05) is 21.1 Å². The second-order valence-electron chi connectivity index (χ2n) is 2.69. The Hall–Kier alpha value is -1.92. The van der Waals surface area contributed by atoms with E-state index in [4.69, 9.17) is 0 Å². The second kappa shape index (κ2) is 3.44. The van der Waals surface area contributed by atoms with E-state index in [9.17, 15) is 14.4 Å². The minimum atomic E-state index is -0.701. The highest BCUT2D eigenvalue weighted by atomic mass is 16.2. The Balaban J connectivity index is 3.11. The number of hydrazone groups is 1. The molecule has 0 aromatic heterocycles. The van der Waals surface area contributed by atoms with E-state index < -0.39 is 17.8 Å². The number of hydrogen-bond donors (Lipinski definition) is 1. The zero-order valence-corrected chi connectivity index (χ0v) is 8.07. The molecule has 4 amide bonds. The molecule has 1 rings (SSSR count). The van der Waals surface area contributed by atoms with Gasteiger partial charge in [0.05, 0.1) is 0 Å². The van der Waals surface area contributed by atoms with Crippen LogP contribution in [0.2, 0.25) is 0 Å². The quantitative estimate of drug-likeness (QED) is 0.526. The molecule has 0 atom stereocenters. The normalized spacial score (nSPS) is 17.6. The zero-order valence-electron chi connectivity index (χ0n) is 8.07. The number of nitrogens with zero attached hydrogens (tertiary/aromatic N) is 3. The van der Waals surface area contributed by atoms with Crippen molar-refractivity contribution in [3.8, 4) is 0 Å². The number of carbonyl (C=O) groups excluding carboxylic acids is 3. The van der Waals surface area contributed by atoms with Gasteiger partial charge in [0.1, 0.15) is 0 Å². The molecule has 0 aliphatic carbocycles. The van der Waals surface area contributed by atoms with Crippen molar-refractivity contribution in [3.63, 3.8) is 0 Å². The van der Waals surface area contributed by atoms with Crippen LogP contribution in [0.1, 0.15) is 0 Å². The smallest absolute Gasteiger partial charge is 0.312 e. The molecule has 76 valence electrons. The van der Waals surface area contributed by atoms with Gasteiger partial charge < -0.3 is 5.43 Å². The number of barbiturate groups is 1. The highest BCUT2D eigenvalue weighted by Gasteiger charge is 2.39. The lowest BCUT2D eigenvalue weighted by atomic mass is 10.2. The summed E-state index contributed by atoms with van der Waals surface area (Å²) in [4.78, 5) is 35.6. The molecule has 0 aromatic rings. The van der Waals surface area contributed by atoms with Gasteiger partial charge in [0.25, 0.3) is 11.8 Å². The minimum Gasteiger partial charge on any atom is -0.312 e. The lowest BCUT2D eigenvalue weighted by molar-refractivity contribution is -0.129. The van der Waals surface area contributed by atoms with Crippen LogP contribution in [0.15, 0.2) is 5.10 Å². The standard InChI is InChI=1S/C7H10N4O3/c1-8-9-4-5(12)10(2)7(14)11(3)6(4)13/h8H,1-3H3. The second-order valence-corrected chi connectivity index (χ2v) is 2.69. The SMILES string of the molecule is CNN=C1C(=O)N(C)C(=O)N(C)C1=O. The van der Waals surface area contributed by atoms with Crippen LogP contribution >= 0.6 is 0 Å². The summed E-state index contributed by atoms with van der Waals surface area (Å²) in [5, 5.41) is 3.51. The van der Waals surface area contributed by atoms with Crippen LogP contribution in [-0.2, 0) is 9.59 Å². The van der Waals surface area contributed by atoms with E-state index in [2.05, 4.69) is 10.5 Å². The van der Waals surface area contributed by atoms with E-state index in [1.165, 1.54) is 21.1 Å². The third-order valence-corrected chi connectivity index (χ3v) is 1.81. The van der Waals surface area contributed by atoms with Crippen LogP contribution < -0.4 is 5.43 Å². The van der Waals surface area contributed by atoms with Crippen LogP contribution in [0.4, 0.5) is 4.79 Å². The molecule has 0 radical (unpaired) electrons. The first kappa shape index (κ1) is 10.2. The molecule has 0 spiro atoms. The fourth-order valence-electron chi connectivity index (χ4n) is 1.02. The van der Waals surface area contributed by atoms with Crippen molar-refractivity contribution in [3.05, 3.63) is 0 Å². The maximum absolute atomic E-state index is 11.4. The Morgan fingerprint density at radius 2 is 1.50 bits per heavy atom. The van der Waals surface area contributed by atoms with Crippen molar-refractivity contribution in [1.29, 1.82) is 0 Å². The molecule has 1 N–H and O–H groups in total. The predicted molar refractivity (Wildman–Crippen MR) is 47.4 cm³/mol. The Labute approximate surface area is 80.3 Å². The summed E-state index contributed by atoms with van der Waals surface area (Å²) in [5.74, 6) is -1.40. The van der Waals surface area contributed by atoms with Crippen LogP contribution in [0.3, 0.4) is 0 Å². The fourth-order valence-corrected chi connectivity index (χ4v) is 1.02. The number of carbonyl (C=O) groups is 3. The van der Waals surface area contributed by atoms with Crippen molar-refractivity contribution in [2.24, 2.45) is 5.10 Å². The molecule has 1 saturated heterocycles. The van der Waals surface area contributed by atoms with E-state index >= 15 is 0 Å². The Bertz CT molecular complexity index is 310. The fraction of sp³-hybridized carbons (Fsp3) is 0.429. The topological polar surface area (TPSA) is 82.1 Å². The molecule has 7 nitrogen and oxygen atoms in total. The zero-order chi connectivity index (χ0) is 10.9. The van der Waals surface area contributed by atoms with E-state index in [1.54, 1.807) is 0 Å². The van der Waals surface area contributed by atoms with Gasteiger partial charge in [-0.2, -0.15) is 5.10 Å². The highest BCUT2D eigenvalue weighted by molar-refractivity contribution is 6.68. The summed E-state index contributed by atoms with van der Waals surface area (Å²) in [5.41, 5.74) is 2.04. The molecule has 0 bridgehead atoms. The van der Waals surface area contributed by atoms with E-state index in [0.717, 1.165) is 9.80 Å². The number of amides is 4. The van der Waals surface area contributed by atoms with Gasteiger partial charge in [-0.3, -0.25) is 19.4 Å². The average molecular weight is 198 g/mol. The van der Waals surface area contributed by atoms with Gasteiger partial charge in [0.2, 0.25) is 5.71 Å². The predicted octanol–water partition coefficient (Wildman–Crippen LogP) is -1.39. The van der Waals surface area contributed by atoms with Crippen molar-refractivity contribution in [1.82, 2.24) is 15.2 Å². The van der Waals surface area contributed by atoms with Gasteiger partial charge in [0.15, 0.2) is 0 Å². The van der Waals surface area contributed by atoms with E-state index in [0.29, 0.717) is 0 Å². The maximum atomic E-state index is 11.4. The molecule has 1 fully saturated rings. The molecule has 1 heterocycles. The van der Waals surface area contributed by atoms with Crippen molar-refractivity contribution < 1.29 is 14.4 Å². The molecule has 0 unspecified atom stereocenters. The van der Waals surface area contributed by atoms with Gasteiger partial charge in [-0.1, -0.05) is 0 Å². The van der Waals surface area contributed by atoms with Crippen molar-refractivity contribution in [2.75, 3.05) is 21.1 Å².